The van der Waals surface area contributed by atoms with Gasteiger partial charge in [-0.3, -0.25) is 9.20 Å². The maximum atomic E-state index is 12.5. The van der Waals surface area contributed by atoms with Crippen LogP contribution in [0.15, 0.2) is 24.4 Å². The van der Waals surface area contributed by atoms with E-state index in [-0.39, 0.29) is 18.1 Å². The first-order chi connectivity index (χ1) is 13.3. The summed E-state index contributed by atoms with van der Waals surface area (Å²) in [6.45, 7) is 3.39. The van der Waals surface area contributed by atoms with Gasteiger partial charge in [-0.2, -0.15) is 0 Å². The Bertz CT molecular complexity index is 1030. The number of fused-ring (bicyclic) bond motifs is 1. The number of amides is 1. The number of aryl methyl sites for hydroxylation is 1. The first kappa shape index (κ1) is 20.5. The van der Waals surface area contributed by atoms with Gasteiger partial charge in [-0.15, -0.1) is 0 Å². The highest BCUT2D eigenvalue weighted by molar-refractivity contribution is 6.36. The first-order valence-corrected chi connectivity index (χ1v) is 9.54. The molecule has 2 aromatic heterocycles. The molecule has 0 aliphatic rings. The molecule has 0 bridgehead atoms. The number of hydrogen-bond acceptors (Lipinski definition) is 5. The molecule has 9 heteroatoms. The molecule has 0 saturated heterocycles. The number of rotatable bonds is 6. The highest BCUT2D eigenvalue weighted by atomic mass is 35.5. The standard InChI is InChI=1S/C19H22Cl2N6O/c1-11-14(9-22)17(13-5-4-12(20)8-15(13)21)27-10-16(25-19(27)24-11)18(28)23-6-7-26(2)3/h4-5,8,10H,6-7,9,22H2,1-3H3,(H,23,28). The lowest BCUT2D eigenvalue weighted by atomic mass is 10.0. The van der Waals surface area contributed by atoms with Crippen LogP contribution in [-0.4, -0.2) is 52.4 Å². The van der Waals surface area contributed by atoms with E-state index in [1.54, 1.807) is 22.7 Å². The van der Waals surface area contributed by atoms with Crippen LogP contribution in [0.4, 0.5) is 0 Å². The average Bonchev–Trinajstić information content (AvgIpc) is 3.04. The van der Waals surface area contributed by atoms with E-state index in [1.807, 2.05) is 32.0 Å². The SMILES string of the molecule is Cc1nc2nc(C(=O)NCCN(C)C)cn2c(-c2ccc(Cl)cc2Cl)c1CN. The number of carbonyl (C=O) groups is 1. The van der Waals surface area contributed by atoms with Gasteiger partial charge in [0.1, 0.15) is 5.69 Å². The smallest absolute Gasteiger partial charge is 0.271 e. The van der Waals surface area contributed by atoms with Crippen LogP contribution < -0.4 is 11.1 Å². The van der Waals surface area contributed by atoms with Crippen molar-refractivity contribution in [3.05, 3.63) is 51.4 Å². The number of benzene rings is 1. The Morgan fingerprint density at radius 2 is 2.04 bits per heavy atom. The van der Waals surface area contributed by atoms with E-state index in [4.69, 9.17) is 28.9 Å². The van der Waals surface area contributed by atoms with Crippen LogP contribution in [0.1, 0.15) is 21.7 Å². The molecule has 0 aliphatic heterocycles. The largest absolute Gasteiger partial charge is 0.349 e. The van der Waals surface area contributed by atoms with Crippen LogP contribution in [0.3, 0.4) is 0 Å². The third-order valence-corrected chi connectivity index (χ3v) is 4.93. The Balaban J connectivity index is 2.11. The van der Waals surface area contributed by atoms with Crippen LogP contribution in [0.2, 0.25) is 10.0 Å². The highest BCUT2D eigenvalue weighted by Crippen LogP contribution is 2.33. The zero-order valence-corrected chi connectivity index (χ0v) is 17.5. The minimum atomic E-state index is -0.257. The van der Waals surface area contributed by atoms with Crippen molar-refractivity contribution in [2.75, 3.05) is 27.2 Å². The second-order valence-corrected chi connectivity index (χ2v) is 7.55. The molecule has 0 unspecified atom stereocenters. The molecule has 1 aromatic carbocycles. The van der Waals surface area contributed by atoms with E-state index in [2.05, 4.69) is 15.3 Å². The molecule has 2 heterocycles. The van der Waals surface area contributed by atoms with Gasteiger partial charge in [0.25, 0.3) is 5.91 Å². The Labute approximate surface area is 173 Å². The van der Waals surface area contributed by atoms with Crippen molar-refractivity contribution in [2.24, 2.45) is 5.73 Å². The van der Waals surface area contributed by atoms with E-state index in [9.17, 15) is 4.79 Å². The van der Waals surface area contributed by atoms with E-state index in [0.717, 1.165) is 29.1 Å². The lowest BCUT2D eigenvalue weighted by molar-refractivity contribution is 0.0946. The number of hydrogen-bond donors (Lipinski definition) is 2. The summed E-state index contributed by atoms with van der Waals surface area (Å²) in [5.74, 6) is 0.154. The van der Waals surface area contributed by atoms with Crippen molar-refractivity contribution in [3.63, 3.8) is 0 Å². The van der Waals surface area contributed by atoms with E-state index in [0.29, 0.717) is 22.4 Å². The normalized spacial score (nSPS) is 11.4. The first-order valence-electron chi connectivity index (χ1n) is 8.78. The van der Waals surface area contributed by atoms with E-state index >= 15 is 0 Å². The number of imidazole rings is 1. The van der Waals surface area contributed by atoms with Crippen LogP contribution in [0.25, 0.3) is 17.0 Å². The van der Waals surface area contributed by atoms with Gasteiger partial charge in [0, 0.05) is 47.7 Å². The van der Waals surface area contributed by atoms with Crippen molar-refractivity contribution in [1.29, 1.82) is 0 Å². The zero-order valence-electron chi connectivity index (χ0n) is 16.0. The molecule has 0 aliphatic carbocycles. The monoisotopic (exact) mass is 420 g/mol. The van der Waals surface area contributed by atoms with Gasteiger partial charge in [0.05, 0.1) is 10.7 Å². The van der Waals surface area contributed by atoms with Gasteiger partial charge in [0.15, 0.2) is 0 Å². The molecule has 3 aromatic rings. The predicted octanol–water partition coefficient (Wildman–Crippen LogP) is 2.76. The second kappa shape index (κ2) is 8.45. The Morgan fingerprint density at radius 1 is 1.29 bits per heavy atom. The lowest BCUT2D eigenvalue weighted by Gasteiger charge is -2.14. The van der Waals surface area contributed by atoms with Gasteiger partial charge in [-0.1, -0.05) is 23.2 Å². The van der Waals surface area contributed by atoms with Gasteiger partial charge in [-0.05, 0) is 39.2 Å². The van der Waals surface area contributed by atoms with Crippen LogP contribution in [0.5, 0.6) is 0 Å². The van der Waals surface area contributed by atoms with Crippen LogP contribution in [0, 0.1) is 6.92 Å². The number of nitrogens with one attached hydrogen (secondary N) is 1. The number of aromatic nitrogens is 3. The molecule has 3 rings (SSSR count). The highest BCUT2D eigenvalue weighted by Gasteiger charge is 2.20. The summed E-state index contributed by atoms with van der Waals surface area (Å²) in [4.78, 5) is 23.4. The molecule has 0 saturated carbocycles. The third kappa shape index (κ3) is 4.12. The molecular formula is C19H22Cl2N6O. The zero-order chi connectivity index (χ0) is 20.4. The number of nitrogens with zero attached hydrogens (tertiary/aromatic N) is 4. The fourth-order valence-electron chi connectivity index (χ4n) is 2.96. The van der Waals surface area contributed by atoms with Gasteiger partial charge in [0.2, 0.25) is 5.78 Å². The van der Waals surface area contributed by atoms with Crippen molar-refractivity contribution in [3.8, 4) is 11.3 Å². The van der Waals surface area contributed by atoms with Gasteiger partial charge < -0.3 is 16.0 Å². The molecule has 0 atom stereocenters. The topological polar surface area (TPSA) is 88.5 Å². The maximum Gasteiger partial charge on any atom is 0.271 e. The summed E-state index contributed by atoms with van der Waals surface area (Å²) in [6.07, 6.45) is 1.66. The summed E-state index contributed by atoms with van der Waals surface area (Å²) in [5, 5.41) is 3.88. The molecule has 28 heavy (non-hydrogen) atoms. The average molecular weight is 421 g/mol. The fraction of sp³-hybridized carbons (Fsp3) is 0.316. The summed E-state index contributed by atoms with van der Waals surface area (Å²) in [7, 11) is 3.89. The third-order valence-electron chi connectivity index (χ3n) is 4.39. The maximum absolute atomic E-state index is 12.5. The number of halogens is 2. The van der Waals surface area contributed by atoms with Crippen molar-refractivity contribution in [2.45, 2.75) is 13.5 Å². The van der Waals surface area contributed by atoms with Crippen LogP contribution in [-0.2, 0) is 6.54 Å². The Hall–Kier alpha value is -2.19. The van der Waals surface area contributed by atoms with Crippen molar-refractivity contribution in [1.82, 2.24) is 24.6 Å². The molecule has 1 amide bonds. The quantitative estimate of drug-likeness (QED) is 0.639. The minimum absolute atomic E-state index is 0.257. The van der Waals surface area contributed by atoms with Gasteiger partial charge in [-0.25, -0.2) is 9.97 Å². The molecule has 148 valence electrons. The van der Waals surface area contributed by atoms with Crippen molar-refractivity contribution >= 4 is 34.9 Å². The summed E-state index contributed by atoms with van der Waals surface area (Å²) >= 11 is 12.5. The van der Waals surface area contributed by atoms with E-state index < -0.39 is 0 Å². The molecule has 0 radical (unpaired) electrons. The van der Waals surface area contributed by atoms with Crippen LogP contribution >= 0.6 is 23.2 Å². The Kier molecular flexibility index (Phi) is 6.20. The molecule has 7 nitrogen and oxygen atoms in total. The fourth-order valence-corrected chi connectivity index (χ4v) is 3.46. The number of likely N-dealkylation sites (N-methyl/N-ethyl adjacent to an activating group) is 1. The summed E-state index contributed by atoms with van der Waals surface area (Å²) in [5.41, 5.74) is 9.35. The number of carbonyl (C=O) groups excluding carboxylic acids is 1. The Morgan fingerprint density at radius 3 is 2.68 bits per heavy atom. The molecule has 0 spiro atoms. The predicted molar refractivity (Wildman–Crippen MR) is 112 cm³/mol. The lowest BCUT2D eigenvalue weighted by Crippen LogP contribution is -2.31. The molecule has 0 fully saturated rings. The second-order valence-electron chi connectivity index (χ2n) is 6.71. The van der Waals surface area contributed by atoms with E-state index in [1.165, 1.54) is 0 Å². The summed E-state index contributed by atoms with van der Waals surface area (Å²) in [6, 6.07) is 5.26. The molecule has 3 N–H and O–H groups in total. The van der Waals surface area contributed by atoms with Crippen molar-refractivity contribution < 1.29 is 4.79 Å². The number of nitrogens with two attached hydrogens (primary N) is 1. The molecular weight excluding hydrogens is 399 g/mol. The minimum Gasteiger partial charge on any atom is -0.349 e. The van der Waals surface area contributed by atoms with Gasteiger partial charge >= 0.3 is 0 Å². The summed E-state index contributed by atoms with van der Waals surface area (Å²) < 4.78 is 1.76.